The molecule has 0 saturated carbocycles. The van der Waals surface area contributed by atoms with E-state index in [2.05, 4.69) is 60.8 Å². The molecule has 116 valence electrons. The largest absolute Gasteiger partial charge is 0.309 e. The molecule has 0 aromatic carbocycles. The van der Waals surface area contributed by atoms with Crippen molar-refractivity contribution in [1.29, 1.82) is 0 Å². The van der Waals surface area contributed by atoms with E-state index in [4.69, 9.17) is 0 Å². The van der Waals surface area contributed by atoms with Crippen LogP contribution >= 0.6 is 11.3 Å². The van der Waals surface area contributed by atoms with E-state index in [0.717, 1.165) is 42.3 Å². The fourth-order valence-corrected chi connectivity index (χ4v) is 3.70. The lowest BCUT2D eigenvalue weighted by Gasteiger charge is -2.18. The van der Waals surface area contributed by atoms with Crippen LogP contribution in [0.3, 0.4) is 0 Å². The molecule has 0 radical (unpaired) electrons. The second-order valence-electron chi connectivity index (χ2n) is 5.49. The Kier molecular flexibility index (Phi) is 5.53. The maximum absolute atomic E-state index is 4.59. The first kappa shape index (κ1) is 16.2. The Morgan fingerprint density at radius 3 is 2.62 bits per heavy atom. The molecule has 1 atom stereocenters. The first-order chi connectivity index (χ1) is 10.0. The molecular weight excluding hydrogens is 280 g/mol. The van der Waals surface area contributed by atoms with Gasteiger partial charge in [0.15, 0.2) is 0 Å². The van der Waals surface area contributed by atoms with Crippen molar-refractivity contribution < 1.29 is 0 Å². The van der Waals surface area contributed by atoms with Crippen molar-refractivity contribution in [2.24, 2.45) is 0 Å². The van der Waals surface area contributed by atoms with Crippen LogP contribution < -0.4 is 5.32 Å². The Balaban J connectivity index is 2.25. The van der Waals surface area contributed by atoms with E-state index in [-0.39, 0.29) is 0 Å². The number of hydrogen-bond acceptors (Lipinski definition) is 4. The normalized spacial score (nSPS) is 12.8. The lowest BCUT2D eigenvalue weighted by Crippen LogP contribution is -2.25. The van der Waals surface area contributed by atoms with Gasteiger partial charge in [0.1, 0.15) is 0 Å². The predicted octanol–water partition coefficient (Wildman–Crippen LogP) is 3.57. The van der Waals surface area contributed by atoms with E-state index < -0.39 is 0 Å². The van der Waals surface area contributed by atoms with E-state index in [9.17, 15) is 0 Å². The molecule has 0 aliphatic heterocycles. The van der Waals surface area contributed by atoms with Crippen LogP contribution in [0.5, 0.6) is 0 Å². The molecule has 5 heteroatoms. The topological polar surface area (TPSA) is 42.7 Å². The summed E-state index contributed by atoms with van der Waals surface area (Å²) in [7, 11) is 0. The Hall–Kier alpha value is -1.20. The Morgan fingerprint density at radius 1 is 1.29 bits per heavy atom. The molecule has 2 aromatic heterocycles. The zero-order valence-corrected chi connectivity index (χ0v) is 14.5. The highest BCUT2D eigenvalue weighted by Crippen LogP contribution is 2.27. The number of aryl methyl sites for hydroxylation is 4. The molecule has 0 bridgehead atoms. The monoisotopic (exact) mass is 306 g/mol. The molecule has 2 aromatic rings. The molecule has 4 nitrogen and oxygen atoms in total. The first-order valence-corrected chi connectivity index (χ1v) is 8.57. The minimum atomic E-state index is 0.331. The summed E-state index contributed by atoms with van der Waals surface area (Å²) >= 11 is 1.81. The van der Waals surface area contributed by atoms with Gasteiger partial charge in [-0.1, -0.05) is 6.92 Å². The number of hydrogen-bond donors (Lipinski definition) is 1. The molecule has 0 saturated heterocycles. The van der Waals surface area contributed by atoms with Crippen LogP contribution in [0, 0.1) is 20.8 Å². The van der Waals surface area contributed by atoms with Gasteiger partial charge in [-0.3, -0.25) is 4.68 Å². The third-order valence-electron chi connectivity index (χ3n) is 3.59. The summed E-state index contributed by atoms with van der Waals surface area (Å²) in [6, 6.07) is 2.53. The van der Waals surface area contributed by atoms with Crippen LogP contribution in [0.1, 0.15) is 53.3 Å². The Labute approximate surface area is 131 Å². The smallest absolute Gasteiger partial charge is 0.0900 e. The third kappa shape index (κ3) is 3.92. The van der Waals surface area contributed by atoms with E-state index in [1.165, 1.54) is 10.6 Å². The third-order valence-corrected chi connectivity index (χ3v) is 4.78. The quantitative estimate of drug-likeness (QED) is 0.850. The maximum atomic E-state index is 4.59. The summed E-state index contributed by atoms with van der Waals surface area (Å²) in [5.74, 6) is 0. The van der Waals surface area contributed by atoms with Gasteiger partial charge in [-0.15, -0.1) is 11.3 Å². The number of nitrogens with one attached hydrogen (secondary N) is 1. The zero-order valence-electron chi connectivity index (χ0n) is 13.7. The average Bonchev–Trinajstić information content (AvgIpc) is 2.96. The van der Waals surface area contributed by atoms with Crippen molar-refractivity contribution >= 4 is 11.3 Å². The van der Waals surface area contributed by atoms with Gasteiger partial charge < -0.3 is 5.32 Å². The van der Waals surface area contributed by atoms with Crippen molar-refractivity contribution in [3.05, 3.63) is 33.0 Å². The van der Waals surface area contributed by atoms with Gasteiger partial charge >= 0.3 is 0 Å². The van der Waals surface area contributed by atoms with E-state index in [0.29, 0.717) is 6.04 Å². The number of nitrogens with zero attached hydrogens (tertiary/aromatic N) is 3. The van der Waals surface area contributed by atoms with Crippen molar-refractivity contribution in [2.45, 2.75) is 60.0 Å². The van der Waals surface area contributed by atoms with Gasteiger partial charge in [0, 0.05) is 29.6 Å². The summed E-state index contributed by atoms with van der Waals surface area (Å²) in [5, 5.41) is 9.38. The van der Waals surface area contributed by atoms with Gasteiger partial charge in [-0.2, -0.15) is 5.10 Å². The highest BCUT2D eigenvalue weighted by molar-refractivity contribution is 7.11. The lowest BCUT2D eigenvalue weighted by molar-refractivity contribution is 0.506. The average molecular weight is 306 g/mol. The number of rotatable bonds is 7. The molecule has 0 aliphatic carbocycles. The zero-order chi connectivity index (χ0) is 15.4. The summed E-state index contributed by atoms with van der Waals surface area (Å²) < 4.78 is 2.11. The van der Waals surface area contributed by atoms with Crippen molar-refractivity contribution in [1.82, 2.24) is 20.1 Å². The fraction of sp³-hybridized carbons (Fsp3) is 0.625. The van der Waals surface area contributed by atoms with Crippen LogP contribution in [0.2, 0.25) is 0 Å². The highest BCUT2D eigenvalue weighted by atomic mass is 32.1. The Morgan fingerprint density at radius 2 is 2.05 bits per heavy atom. The maximum Gasteiger partial charge on any atom is 0.0900 e. The summed E-state index contributed by atoms with van der Waals surface area (Å²) in [5.41, 5.74) is 3.55. The predicted molar refractivity (Wildman–Crippen MR) is 89.0 cm³/mol. The van der Waals surface area contributed by atoms with Crippen molar-refractivity contribution in [3.8, 4) is 0 Å². The first-order valence-electron chi connectivity index (χ1n) is 7.75. The SMILES string of the molecule is CCCNC(Cc1cc(C)nn1CC)c1sc(C)nc1C. The Bertz CT molecular complexity index is 585. The molecule has 0 aliphatic rings. The molecule has 1 N–H and O–H groups in total. The second kappa shape index (κ2) is 7.18. The van der Waals surface area contributed by atoms with E-state index in [1.807, 2.05) is 11.3 Å². The fourth-order valence-electron chi connectivity index (χ4n) is 2.69. The minimum absolute atomic E-state index is 0.331. The molecule has 2 rings (SSSR count). The second-order valence-corrected chi connectivity index (χ2v) is 6.72. The molecule has 0 amide bonds. The van der Waals surface area contributed by atoms with Crippen LogP contribution in [0.15, 0.2) is 6.07 Å². The van der Waals surface area contributed by atoms with Crippen LogP contribution in [0.25, 0.3) is 0 Å². The summed E-state index contributed by atoms with van der Waals surface area (Å²) in [6.45, 7) is 12.6. The number of thiazole rings is 1. The van der Waals surface area contributed by atoms with Gasteiger partial charge in [-0.05, 0) is 46.7 Å². The van der Waals surface area contributed by atoms with Gasteiger partial charge in [0.25, 0.3) is 0 Å². The summed E-state index contributed by atoms with van der Waals surface area (Å²) in [6.07, 6.45) is 2.11. The molecule has 0 spiro atoms. The van der Waals surface area contributed by atoms with Gasteiger partial charge in [-0.25, -0.2) is 4.98 Å². The minimum Gasteiger partial charge on any atom is -0.309 e. The van der Waals surface area contributed by atoms with Gasteiger partial charge in [0.2, 0.25) is 0 Å². The number of aromatic nitrogens is 3. The summed E-state index contributed by atoms with van der Waals surface area (Å²) in [4.78, 5) is 5.95. The van der Waals surface area contributed by atoms with Crippen molar-refractivity contribution in [3.63, 3.8) is 0 Å². The molecule has 1 unspecified atom stereocenters. The van der Waals surface area contributed by atoms with Crippen LogP contribution in [-0.2, 0) is 13.0 Å². The van der Waals surface area contributed by atoms with Crippen LogP contribution in [0.4, 0.5) is 0 Å². The highest BCUT2D eigenvalue weighted by Gasteiger charge is 2.19. The molecular formula is C16H26N4S. The van der Waals surface area contributed by atoms with E-state index >= 15 is 0 Å². The molecule has 2 heterocycles. The van der Waals surface area contributed by atoms with E-state index in [1.54, 1.807) is 0 Å². The van der Waals surface area contributed by atoms with Crippen LogP contribution in [-0.4, -0.2) is 21.3 Å². The lowest BCUT2D eigenvalue weighted by atomic mass is 10.1. The standard InChI is InChI=1S/C16H26N4S/c1-6-8-17-15(16-12(4)18-13(5)21-16)10-14-9-11(3)19-20(14)7-2/h9,15,17H,6-8,10H2,1-5H3. The van der Waals surface area contributed by atoms with Gasteiger partial charge in [0.05, 0.1) is 16.4 Å². The molecule has 21 heavy (non-hydrogen) atoms. The van der Waals surface area contributed by atoms with Crippen molar-refractivity contribution in [2.75, 3.05) is 6.54 Å². The molecule has 0 fully saturated rings.